The van der Waals surface area contributed by atoms with E-state index in [1.54, 1.807) is 0 Å². The van der Waals surface area contributed by atoms with Crippen LogP contribution in [0.15, 0.2) is 0 Å². The highest BCUT2D eigenvalue weighted by Gasteiger charge is 2.21. The summed E-state index contributed by atoms with van der Waals surface area (Å²) in [6, 6.07) is -2.46. The highest BCUT2D eigenvalue weighted by atomic mass is 19.3. The van der Waals surface area contributed by atoms with E-state index in [0.29, 0.717) is 4.90 Å². The fourth-order valence-corrected chi connectivity index (χ4v) is 0.735. The normalized spacial score (nSPS) is 12.3. The molecule has 0 aliphatic carbocycles. The fraction of sp³-hybridized carbons (Fsp3) is 0.714. The van der Waals surface area contributed by atoms with E-state index in [1.807, 2.05) is 5.32 Å². The van der Waals surface area contributed by atoms with E-state index in [1.165, 1.54) is 0 Å². The molecule has 0 aromatic rings. The molecule has 2 amide bonds. The lowest BCUT2D eigenvalue weighted by atomic mass is 10.3. The van der Waals surface area contributed by atoms with Crippen molar-refractivity contribution >= 4 is 12.0 Å². The van der Waals surface area contributed by atoms with Gasteiger partial charge in [-0.2, -0.15) is 0 Å². The van der Waals surface area contributed by atoms with Gasteiger partial charge in [0.2, 0.25) is 0 Å². The van der Waals surface area contributed by atoms with Crippen molar-refractivity contribution in [3.05, 3.63) is 0 Å². The van der Waals surface area contributed by atoms with Crippen LogP contribution in [0.3, 0.4) is 0 Å². The molecule has 0 saturated heterocycles. The van der Waals surface area contributed by atoms with E-state index < -0.39 is 37.6 Å². The third-order valence-corrected chi connectivity index (χ3v) is 1.54. The SMILES string of the molecule is CN(CC(F)F)C(=O)N[C@@H](CO)C(=O)O. The van der Waals surface area contributed by atoms with Crippen molar-refractivity contribution in [3.63, 3.8) is 0 Å². The molecular formula is C7H12F2N2O4. The van der Waals surface area contributed by atoms with Gasteiger partial charge >= 0.3 is 12.0 Å². The van der Waals surface area contributed by atoms with Crippen LogP contribution in [0, 0.1) is 0 Å². The van der Waals surface area contributed by atoms with Crippen molar-refractivity contribution in [3.8, 4) is 0 Å². The summed E-state index contributed by atoms with van der Waals surface area (Å²) in [4.78, 5) is 22.1. The van der Waals surface area contributed by atoms with Gasteiger partial charge in [0.1, 0.15) is 0 Å². The number of hydrogen-bond acceptors (Lipinski definition) is 3. The van der Waals surface area contributed by atoms with Crippen LogP contribution in [0.2, 0.25) is 0 Å². The number of carboxylic acid groups (broad SMARTS) is 1. The van der Waals surface area contributed by atoms with Crippen molar-refractivity contribution in [2.45, 2.75) is 12.5 Å². The summed E-state index contributed by atoms with van der Waals surface area (Å²) in [6.45, 7) is -1.60. The second-order valence-electron chi connectivity index (χ2n) is 2.79. The lowest BCUT2D eigenvalue weighted by Gasteiger charge is -2.19. The van der Waals surface area contributed by atoms with Gasteiger partial charge in [0.15, 0.2) is 6.04 Å². The molecular weight excluding hydrogens is 214 g/mol. The van der Waals surface area contributed by atoms with Gasteiger partial charge in [-0.25, -0.2) is 18.4 Å². The number of rotatable bonds is 5. The van der Waals surface area contributed by atoms with Crippen LogP contribution in [-0.2, 0) is 4.79 Å². The minimum atomic E-state index is -2.70. The Hall–Kier alpha value is -1.44. The first kappa shape index (κ1) is 13.6. The third kappa shape index (κ3) is 5.11. The number of nitrogens with zero attached hydrogens (tertiary/aromatic N) is 1. The van der Waals surface area contributed by atoms with Crippen molar-refractivity contribution in [2.24, 2.45) is 0 Å². The maximum atomic E-state index is 11.8. The van der Waals surface area contributed by atoms with E-state index in [9.17, 15) is 18.4 Å². The molecule has 0 unspecified atom stereocenters. The fourth-order valence-electron chi connectivity index (χ4n) is 0.735. The molecule has 6 nitrogen and oxygen atoms in total. The first-order valence-electron chi connectivity index (χ1n) is 4.02. The average Bonchev–Trinajstić information content (AvgIpc) is 2.11. The summed E-state index contributed by atoms with van der Waals surface area (Å²) in [5, 5.41) is 18.9. The average molecular weight is 226 g/mol. The zero-order valence-corrected chi connectivity index (χ0v) is 7.98. The monoisotopic (exact) mass is 226 g/mol. The Bertz CT molecular complexity index is 237. The number of carbonyl (C=O) groups excluding carboxylic acids is 1. The molecule has 0 radical (unpaired) electrons. The van der Waals surface area contributed by atoms with Crippen LogP contribution >= 0.6 is 0 Å². The number of urea groups is 1. The number of alkyl halides is 2. The number of aliphatic hydroxyl groups excluding tert-OH is 1. The molecule has 0 aliphatic rings. The number of amides is 2. The summed E-state index contributed by atoms with van der Waals surface area (Å²) in [7, 11) is 1.10. The van der Waals surface area contributed by atoms with Crippen LogP contribution in [0.25, 0.3) is 0 Å². The van der Waals surface area contributed by atoms with Crippen LogP contribution in [-0.4, -0.2) is 59.8 Å². The number of carbonyl (C=O) groups is 2. The molecule has 88 valence electrons. The number of hydrogen-bond donors (Lipinski definition) is 3. The van der Waals surface area contributed by atoms with Crippen molar-refractivity contribution in [1.82, 2.24) is 10.2 Å². The van der Waals surface area contributed by atoms with Crippen LogP contribution in [0.5, 0.6) is 0 Å². The molecule has 8 heteroatoms. The van der Waals surface area contributed by atoms with E-state index in [-0.39, 0.29) is 0 Å². The molecule has 3 N–H and O–H groups in total. The molecule has 0 saturated carbocycles. The smallest absolute Gasteiger partial charge is 0.328 e. The van der Waals surface area contributed by atoms with E-state index in [0.717, 1.165) is 7.05 Å². The van der Waals surface area contributed by atoms with E-state index in [4.69, 9.17) is 10.2 Å². The number of halogens is 2. The molecule has 0 bridgehead atoms. The Morgan fingerprint density at radius 2 is 2.00 bits per heavy atom. The van der Waals surface area contributed by atoms with E-state index in [2.05, 4.69) is 0 Å². The number of aliphatic carboxylic acids is 1. The van der Waals surface area contributed by atoms with Crippen molar-refractivity contribution in [2.75, 3.05) is 20.2 Å². The van der Waals surface area contributed by atoms with Crippen LogP contribution < -0.4 is 5.32 Å². The molecule has 0 aromatic heterocycles. The summed E-state index contributed by atoms with van der Waals surface area (Å²) < 4.78 is 23.7. The van der Waals surface area contributed by atoms with Crippen LogP contribution in [0.1, 0.15) is 0 Å². The maximum absolute atomic E-state index is 11.8. The van der Waals surface area contributed by atoms with Gasteiger partial charge in [0.05, 0.1) is 13.2 Å². The first-order chi connectivity index (χ1) is 6.88. The third-order valence-electron chi connectivity index (χ3n) is 1.54. The number of aliphatic hydroxyl groups is 1. The van der Waals surface area contributed by atoms with Crippen LogP contribution in [0.4, 0.5) is 13.6 Å². The van der Waals surface area contributed by atoms with Gasteiger partial charge in [-0.05, 0) is 0 Å². The number of carboxylic acids is 1. The van der Waals surface area contributed by atoms with Crippen molar-refractivity contribution in [1.29, 1.82) is 0 Å². The molecule has 0 heterocycles. The van der Waals surface area contributed by atoms with E-state index >= 15 is 0 Å². The predicted octanol–water partition coefficient (Wildman–Crippen LogP) is -0.662. The molecule has 0 aromatic carbocycles. The standard InChI is InChI=1S/C7H12F2N2O4/c1-11(2-5(8)9)7(15)10-4(3-12)6(13)14/h4-5,12H,2-3H2,1H3,(H,10,15)(H,13,14)/t4-/m0/s1. The zero-order chi connectivity index (χ0) is 12.0. The zero-order valence-electron chi connectivity index (χ0n) is 7.98. The second kappa shape index (κ2) is 6.12. The lowest BCUT2D eigenvalue weighted by molar-refractivity contribution is -0.140. The molecule has 15 heavy (non-hydrogen) atoms. The number of nitrogens with one attached hydrogen (secondary N) is 1. The van der Waals surface area contributed by atoms with Gasteiger partial charge in [0.25, 0.3) is 6.43 Å². The minimum Gasteiger partial charge on any atom is -0.480 e. The summed E-state index contributed by atoms with van der Waals surface area (Å²) in [5.74, 6) is -1.43. The topological polar surface area (TPSA) is 89.9 Å². The highest BCUT2D eigenvalue weighted by Crippen LogP contribution is 1.96. The lowest BCUT2D eigenvalue weighted by Crippen LogP contribution is -2.49. The summed E-state index contributed by atoms with van der Waals surface area (Å²) >= 11 is 0. The van der Waals surface area contributed by atoms with Gasteiger partial charge in [-0.1, -0.05) is 0 Å². The molecule has 0 spiro atoms. The van der Waals surface area contributed by atoms with Gasteiger partial charge in [-0.15, -0.1) is 0 Å². The summed E-state index contributed by atoms with van der Waals surface area (Å²) in [5.41, 5.74) is 0. The van der Waals surface area contributed by atoms with Gasteiger partial charge in [0, 0.05) is 7.05 Å². The van der Waals surface area contributed by atoms with Gasteiger partial charge in [-0.3, -0.25) is 0 Å². The minimum absolute atomic E-state index is 0.635. The quantitative estimate of drug-likeness (QED) is 0.580. The van der Waals surface area contributed by atoms with Crippen molar-refractivity contribution < 1.29 is 28.6 Å². The highest BCUT2D eigenvalue weighted by molar-refractivity contribution is 5.82. The Kier molecular flexibility index (Phi) is 5.53. The molecule has 1 atom stereocenters. The molecule has 0 rings (SSSR count). The van der Waals surface area contributed by atoms with Gasteiger partial charge < -0.3 is 20.4 Å². The first-order valence-corrected chi connectivity index (χ1v) is 4.02. The Balaban J connectivity index is 4.16. The largest absolute Gasteiger partial charge is 0.480 e. The maximum Gasteiger partial charge on any atom is 0.328 e. The Labute approximate surface area is 84.5 Å². The Morgan fingerprint density at radius 1 is 1.47 bits per heavy atom. The molecule has 0 fully saturated rings. The molecule has 0 aliphatic heterocycles. The Morgan fingerprint density at radius 3 is 2.33 bits per heavy atom. The summed E-state index contributed by atoms with van der Waals surface area (Å²) in [6.07, 6.45) is -2.70. The second-order valence-corrected chi connectivity index (χ2v) is 2.79. The predicted molar refractivity (Wildman–Crippen MR) is 45.7 cm³/mol.